The Balaban J connectivity index is 1.93. The van der Waals surface area contributed by atoms with Crippen molar-refractivity contribution in [2.75, 3.05) is 19.6 Å². The number of hydrogen-bond donors (Lipinski definition) is 1. The molecule has 2 aromatic heterocycles. The minimum atomic E-state index is -0.229. The molecule has 3 heterocycles. The highest BCUT2D eigenvalue weighted by molar-refractivity contribution is 6.02. The summed E-state index contributed by atoms with van der Waals surface area (Å²) >= 11 is 0. The molecular formula is C19H26N4O2. The average molecular weight is 342 g/mol. The minimum Gasteiger partial charge on any atom is -0.350 e. The second kappa shape index (κ2) is 7.68. The molecule has 1 N–H and O–H groups in total. The van der Waals surface area contributed by atoms with Crippen molar-refractivity contribution in [2.45, 2.75) is 39.5 Å². The fourth-order valence-corrected chi connectivity index (χ4v) is 3.15. The number of rotatable bonds is 4. The Bertz CT molecular complexity index is 758. The molecule has 1 saturated heterocycles. The summed E-state index contributed by atoms with van der Waals surface area (Å²) in [4.78, 5) is 31.8. The Morgan fingerprint density at radius 1 is 1.16 bits per heavy atom. The summed E-state index contributed by atoms with van der Waals surface area (Å²) in [6, 6.07) is 5.54. The SMILES string of the molecule is CC(C)CNC(=O)c1nc(C(=O)N2CCCCCC2)n2ccccc12. The van der Waals surface area contributed by atoms with Gasteiger partial charge >= 0.3 is 0 Å². The van der Waals surface area contributed by atoms with Crippen molar-refractivity contribution in [3.8, 4) is 0 Å². The lowest BCUT2D eigenvalue weighted by molar-refractivity contribution is 0.0748. The monoisotopic (exact) mass is 342 g/mol. The van der Waals surface area contributed by atoms with Gasteiger partial charge in [0.2, 0.25) is 5.82 Å². The van der Waals surface area contributed by atoms with Crippen LogP contribution < -0.4 is 5.32 Å². The number of carbonyl (C=O) groups excluding carboxylic acids is 2. The minimum absolute atomic E-state index is 0.0917. The van der Waals surface area contributed by atoms with Crippen molar-refractivity contribution in [1.29, 1.82) is 0 Å². The van der Waals surface area contributed by atoms with E-state index in [0.29, 0.717) is 29.5 Å². The van der Waals surface area contributed by atoms with E-state index >= 15 is 0 Å². The predicted octanol–water partition coefficient (Wildman–Crippen LogP) is 2.74. The van der Waals surface area contributed by atoms with Gasteiger partial charge in [0.15, 0.2) is 5.69 Å². The Kier molecular flexibility index (Phi) is 5.36. The molecule has 0 saturated carbocycles. The summed E-state index contributed by atoms with van der Waals surface area (Å²) < 4.78 is 1.73. The van der Waals surface area contributed by atoms with Crippen LogP contribution in [0.2, 0.25) is 0 Å². The lowest BCUT2D eigenvalue weighted by Gasteiger charge is -2.19. The van der Waals surface area contributed by atoms with Gasteiger partial charge in [0.25, 0.3) is 11.8 Å². The van der Waals surface area contributed by atoms with Crippen LogP contribution in [0.4, 0.5) is 0 Å². The van der Waals surface area contributed by atoms with Crippen LogP contribution in [0.1, 0.15) is 60.6 Å². The summed E-state index contributed by atoms with van der Waals surface area (Å²) in [6.07, 6.45) is 6.17. The van der Waals surface area contributed by atoms with Gasteiger partial charge in [0.05, 0.1) is 5.52 Å². The number of imidazole rings is 1. The summed E-state index contributed by atoms with van der Waals surface area (Å²) in [5.74, 6) is 0.363. The summed E-state index contributed by atoms with van der Waals surface area (Å²) in [7, 11) is 0. The van der Waals surface area contributed by atoms with E-state index in [-0.39, 0.29) is 11.8 Å². The van der Waals surface area contributed by atoms with Gasteiger partial charge in [0.1, 0.15) is 0 Å². The van der Waals surface area contributed by atoms with Crippen LogP contribution >= 0.6 is 0 Å². The van der Waals surface area contributed by atoms with Crippen molar-refractivity contribution < 1.29 is 9.59 Å². The van der Waals surface area contributed by atoms with Crippen molar-refractivity contribution in [1.82, 2.24) is 19.6 Å². The third-order valence-corrected chi connectivity index (χ3v) is 4.52. The van der Waals surface area contributed by atoms with Crippen LogP contribution in [0.15, 0.2) is 24.4 Å². The van der Waals surface area contributed by atoms with Gasteiger partial charge in [-0.1, -0.05) is 32.8 Å². The normalized spacial score (nSPS) is 15.4. The quantitative estimate of drug-likeness (QED) is 0.929. The lowest BCUT2D eigenvalue weighted by Crippen LogP contribution is -2.33. The molecule has 0 aliphatic carbocycles. The number of nitrogens with zero attached hydrogens (tertiary/aromatic N) is 3. The predicted molar refractivity (Wildman–Crippen MR) is 96.7 cm³/mol. The first kappa shape index (κ1) is 17.5. The first-order chi connectivity index (χ1) is 12.1. The zero-order valence-corrected chi connectivity index (χ0v) is 15.0. The Hall–Kier alpha value is -2.37. The van der Waals surface area contributed by atoms with E-state index in [4.69, 9.17) is 0 Å². The highest BCUT2D eigenvalue weighted by Gasteiger charge is 2.25. The smallest absolute Gasteiger partial charge is 0.290 e. The van der Waals surface area contributed by atoms with Crippen molar-refractivity contribution in [3.63, 3.8) is 0 Å². The van der Waals surface area contributed by atoms with E-state index in [1.165, 1.54) is 0 Å². The number of aromatic nitrogens is 2. The van der Waals surface area contributed by atoms with Gasteiger partial charge in [-0.2, -0.15) is 0 Å². The van der Waals surface area contributed by atoms with Crippen molar-refractivity contribution in [2.24, 2.45) is 5.92 Å². The van der Waals surface area contributed by atoms with Crippen LogP contribution in [-0.4, -0.2) is 45.7 Å². The van der Waals surface area contributed by atoms with E-state index in [1.807, 2.05) is 36.9 Å². The van der Waals surface area contributed by atoms with Crippen LogP contribution in [0, 0.1) is 5.92 Å². The van der Waals surface area contributed by atoms with Gasteiger partial charge in [-0.25, -0.2) is 4.98 Å². The molecule has 0 atom stereocenters. The fraction of sp³-hybridized carbons (Fsp3) is 0.526. The van der Waals surface area contributed by atoms with Crippen LogP contribution in [0.25, 0.3) is 5.52 Å². The maximum atomic E-state index is 13.0. The number of nitrogens with one attached hydrogen (secondary N) is 1. The summed E-state index contributed by atoms with van der Waals surface area (Å²) in [6.45, 7) is 6.19. The molecule has 2 aromatic rings. The number of carbonyl (C=O) groups is 2. The molecule has 1 fully saturated rings. The van der Waals surface area contributed by atoms with Crippen LogP contribution in [0.3, 0.4) is 0 Å². The topological polar surface area (TPSA) is 66.7 Å². The number of hydrogen-bond acceptors (Lipinski definition) is 3. The average Bonchev–Trinajstić information content (AvgIpc) is 2.79. The molecular weight excluding hydrogens is 316 g/mol. The number of likely N-dealkylation sites (tertiary alicyclic amines) is 1. The molecule has 0 aromatic carbocycles. The Labute approximate surface area is 148 Å². The summed E-state index contributed by atoms with van der Waals surface area (Å²) in [5.41, 5.74) is 0.987. The molecule has 2 amide bonds. The Morgan fingerprint density at radius 3 is 2.56 bits per heavy atom. The Morgan fingerprint density at radius 2 is 1.88 bits per heavy atom. The maximum absolute atomic E-state index is 13.0. The first-order valence-electron chi connectivity index (χ1n) is 9.12. The van der Waals surface area contributed by atoms with Gasteiger partial charge in [0, 0.05) is 25.8 Å². The zero-order valence-electron chi connectivity index (χ0n) is 15.0. The molecule has 6 heteroatoms. The van der Waals surface area contributed by atoms with Crippen LogP contribution in [-0.2, 0) is 0 Å². The first-order valence-corrected chi connectivity index (χ1v) is 9.12. The highest BCUT2D eigenvalue weighted by Crippen LogP contribution is 2.17. The maximum Gasteiger partial charge on any atom is 0.290 e. The molecule has 0 unspecified atom stereocenters. The lowest BCUT2D eigenvalue weighted by atomic mass is 10.2. The number of pyridine rings is 1. The molecule has 0 spiro atoms. The highest BCUT2D eigenvalue weighted by atomic mass is 16.2. The van der Waals surface area contributed by atoms with E-state index in [0.717, 1.165) is 38.8 Å². The van der Waals surface area contributed by atoms with Crippen LogP contribution in [0.5, 0.6) is 0 Å². The molecule has 25 heavy (non-hydrogen) atoms. The third kappa shape index (κ3) is 3.83. The van der Waals surface area contributed by atoms with Gasteiger partial charge in [-0.3, -0.25) is 14.0 Å². The van der Waals surface area contributed by atoms with Gasteiger partial charge in [-0.05, 0) is 30.9 Å². The molecule has 1 aliphatic rings. The number of amides is 2. The second-order valence-corrected chi connectivity index (χ2v) is 7.05. The van der Waals surface area contributed by atoms with Crippen molar-refractivity contribution >= 4 is 17.3 Å². The molecule has 0 bridgehead atoms. The van der Waals surface area contributed by atoms with E-state index < -0.39 is 0 Å². The molecule has 1 aliphatic heterocycles. The zero-order chi connectivity index (χ0) is 17.8. The molecule has 134 valence electrons. The van der Waals surface area contributed by atoms with E-state index in [2.05, 4.69) is 10.3 Å². The largest absolute Gasteiger partial charge is 0.350 e. The standard InChI is InChI=1S/C19H26N4O2/c1-14(2)13-20-18(24)16-15-9-5-8-12-23(15)17(21-16)19(25)22-10-6-3-4-7-11-22/h5,8-9,12,14H,3-4,6-7,10-11,13H2,1-2H3,(H,20,24). The second-order valence-electron chi connectivity index (χ2n) is 7.05. The molecule has 0 radical (unpaired) electrons. The fourth-order valence-electron chi connectivity index (χ4n) is 3.15. The molecule has 3 rings (SSSR count). The van der Waals surface area contributed by atoms with Gasteiger partial charge < -0.3 is 10.2 Å². The van der Waals surface area contributed by atoms with E-state index in [1.54, 1.807) is 10.6 Å². The molecule has 6 nitrogen and oxygen atoms in total. The third-order valence-electron chi connectivity index (χ3n) is 4.52. The van der Waals surface area contributed by atoms with Gasteiger partial charge in [-0.15, -0.1) is 0 Å². The van der Waals surface area contributed by atoms with Crippen molar-refractivity contribution in [3.05, 3.63) is 35.9 Å². The summed E-state index contributed by atoms with van der Waals surface area (Å²) in [5, 5.41) is 2.89. The van der Waals surface area contributed by atoms with E-state index in [9.17, 15) is 9.59 Å². The number of fused-ring (bicyclic) bond motifs is 1.